The number of aromatic nitrogens is 1. The van der Waals surface area contributed by atoms with Crippen molar-refractivity contribution < 1.29 is 9.18 Å². The number of pyridine rings is 1. The predicted molar refractivity (Wildman–Crippen MR) is 81.2 cm³/mol. The predicted octanol–water partition coefficient (Wildman–Crippen LogP) is 4.41. The molecule has 1 aromatic carbocycles. The second-order valence-corrected chi connectivity index (χ2v) is 5.27. The molecule has 3 nitrogen and oxygen atoms in total. The molecule has 0 aliphatic rings. The fraction of sp³-hybridized carbons (Fsp3) is 0.200. The number of nitrogens with one attached hydrogen (secondary N) is 1. The topological polar surface area (TPSA) is 42.0 Å². The highest BCUT2D eigenvalue weighted by atomic mass is 35.5. The van der Waals surface area contributed by atoms with Crippen LogP contribution < -0.4 is 5.32 Å². The van der Waals surface area contributed by atoms with E-state index in [0.29, 0.717) is 11.4 Å². The lowest BCUT2D eigenvalue weighted by Gasteiger charge is -2.18. The Morgan fingerprint density at radius 1 is 1.33 bits per heavy atom. The van der Waals surface area contributed by atoms with Crippen LogP contribution >= 0.6 is 23.2 Å². The van der Waals surface area contributed by atoms with E-state index in [1.165, 1.54) is 0 Å². The number of benzene rings is 1. The van der Waals surface area contributed by atoms with Gasteiger partial charge in [0.15, 0.2) is 0 Å². The van der Waals surface area contributed by atoms with Gasteiger partial charge in [-0.05, 0) is 30.2 Å². The Balaban J connectivity index is 2.20. The van der Waals surface area contributed by atoms with Gasteiger partial charge in [-0.15, -0.1) is 0 Å². The van der Waals surface area contributed by atoms with Gasteiger partial charge in [0.2, 0.25) is 0 Å². The first-order valence-corrected chi connectivity index (χ1v) is 7.14. The molecule has 1 amide bonds. The van der Waals surface area contributed by atoms with Crippen molar-refractivity contribution in [2.75, 3.05) is 0 Å². The second-order valence-electron chi connectivity index (χ2n) is 4.48. The number of carbonyl (C=O) groups excluding carboxylic acids is 1. The van der Waals surface area contributed by atoms with Crippen LogP contribution in [-0.2, 0) is 0 Å². The Kier molecular flexibility index (Phi) is 5.15. The first-order chi connectivity index (χ1) is 10.0. The normalized spacial score (nSPS) is 12.0. The minimum atomic E-state index is -0.607. The molecular weight excluding hydrogens is 314 g/mol. The van der Waals surface area contributed by atoms with E-state index < -0.39 is 11.7 Å². The van der Waals surface area contributed by atoms with Crippen molar-refractivity contribution in [1.29, 1.82) is 0 Å². The van der Waals surface area contributed by atoms with Gasteiger partial charge in [0.25, 0.3) is 5.91 Å². The summed E-state index contributed by atoms with van der Waals surface area (Å²) in [6, 6.07) is 8.03. The van der Waals surface area contributed by atoms with Crippen molar-refractivity contribution in [2.24, 2.45) is 0 Å². The van der Waals surface area contributed by atoms with Crippen molar-refractivity contribution in [3.63, 3.8) is 0 Å². The number of rotatable bonds is 4. The molecular formula is C15H13Cl2FN2O. The average molecular weight is 327 g/mol. The number of amides is 1. The molecule has 0 aliphatic carbocycles. The summed E-state index contributed by atoms with van der Waals surface area (Å²) in [7, 11) is 0. The van der Waals surface area contributed by atoms with Crippen molar-refractivity contribution >= 4 is 29.1 Å². The van der Waals surface area contributed by atoms with Gasteiger partial charge in [-0.3, -0.25) is 4.79 Å². The van der Waals surface area contributed by atoms with Gasteiger partial charge in [-0.1, -0.05) is 42.3 Å². The smallest absolute Gasteiger partial charge is 0.254 e. The quantitative estimate of drug-likeness (QED) is 0.845. The highest BCUT2D eigenvalue weighted by Crippen LogP contribution is 2.21. The maximum absolute atomic E-state index is 13.2. The molecule has 1 unspecified atom stereocenters. The van der Waals surface area contributed by atoms with Crippen LogP contribution in [0.1, 0.15) is 35.3 Å². The Morgan fingerprint density at radius 3 is 2.62 bits per heavy atom. The second kappa shape index (κ2) is 6.87. The van der Waals surface area contributed by atoms with Crippen molar-refractivity contribution in [1.82, 2.24) is 10.3 Å². The third-order valence-corrected chi connectivity index (χ3v) is 3.59. The summed E-state index contributed by atoms with van der Waals surface area (Å²) < 4.78 is 13.2. The van der Waals surface area contributed by atoms with Gasteiger partial charge in [0.1, 0.15) is 11.0 Å². The largest absolute Gasteiger partial charge is 0.345 e. The molecule has 6 heteroatoms. The Labute approximate surface area is 132 Å². The van der Waals surface area contributed by atoms with Crippen LogP contribution in [0, 0.1) is 5.82 Å². The van der Waals surface area contributed by atoms with E-state index in [-0.39, 0.29) is 16.8 Å². The number of halogens is 3. The molecule has 0 saturated heterocycles. The molecule has 1 atom stereocenters. The molecule has 0 saturated carbocycles. The van der Waals surface area contributed by atoms with Crippen LogP contribution in [0.4, 0.5) is 4.39 Å². The molecule has 110 valence electrons. The molecule has 0 aliphatic heterocycles. The van der Waals surface area contributed by atoms with Gasteiger partial charge in [0.05, 0.1) is 17.8 Å². The van der Waals surface area contributed by atoms with Crippen LogP contribution in [0.5, 0.6) is 0 Å². The van der Waals surface area contributed by atoms with Crippen molar-refractivity contribution in [2.45, 2.75) is 19.4 Å². The zero-order valence-electron chi connectivity index (χ0n) is 11.2. The minimum Gasteiger partial charge on any atom is -0.345 e. The summed E-state index contributed by atoms with van der Waals surface area (Å²) >= 11 is 11.7. The SMILES string of the molecule is CCC(NC(=O)c1cc(F)cnc1Cl)c1ccc(Cl)cc1. The molecule has 1 heterocycles. The Morgan fingerprint density at radius 2 is 2.00 bits per heavy atom. The molecule has 21 heavy (non-hydrogen) atoms. The first-order valence-electron chi connectivity index (χ1n) is 6.38. The number of nitrogens with zero attached hydrogens (tertiary/aromatic N) is 1. The van der Waals surface area contributed by atoms with Gasteiger partial charge < -0.3 is 5.32 Å². The maximum Gasteiger partial charge on any atom is 0.254 e. The van der Waals surface area contributed by atoms with Crippen LogP contribution in [0.2, 0.25) is 10.2 Å². The highest BCUT2D eigenvalue weighted by molar-refractivity contribution is 6.32. The molecule has 0 bridgehead atoms. The molecule has 0 spiro atoms. The van der Waals surface area contributed by atoms with Gasteiger partial charge in [0, 0.05) is 5.02 Å². The summed E-state index contributed by atoms with van der Waals surface area (Å²) in [6.45, 7) is 1.94. The lowest BCUT2D eigenvalue weighted by molar-refractivity contribution is 0.0935. The fourth-order valence-corrected chi connectivity index (χ4v) is 2.25. The summed E-state index contributed by atoms with van der Waals surface area (Å²) in [4.78, 5) is 15.8. The molecule has 2 aromatic rings. The summed E-state index contributed by atoms with van der Waals surface area (Å²) in [5.41, 5.74) is 0.930. The van der Waals surface area contributed by atoms with Crippen LogP contribution in [-0.4, -0.2) is 10.9 Å². The number of carbonyl (C=O) groups is 1. The van der Waals surface area contributed by atoms with Crippen LogP contribution in [0.3, 0.4) is 0 Å². The standard InChI is InChI=1S/C15H13Cl2FN2O/c1-2-13(9-3-5-10(16)6-4-9)20-15(21)12-7-11(18)8-19-14(12)17/h3-8,13H,2H2,1H3,(H,20,21). The third kappa shape index (κ3) is 3.93. The van der Waals surface area contributed by atoms with E-state index in [9.17, 15) is 9.18 Å². The zero-order chi connectivity index (χ0) is 15.4. The molecule has 1 N–H and O–H groups in total. The summed E-state index contributed by atoms with van der Waals surface area (Å²) in [5, 5.41) is 3.41. The monoisotopic (exact) mass is 326 g/mol. The van der Waals surface area contributed by atoms with E-state index in [1.54, 1.807) is 12.1 Å². The third-order valence-electron chi connectivity index (χ3n) is 3.04. The molecule has 2 rings (SSSR count). The lowest BCUT2D eigenvalue weighted by Crippen LogP contribution is -2.28. The van der Waals surface area contributed by atoms with E-state index >= 15 is 0 Å². The molecule has 1 aromatic heterocycles. The summed E-state index contributed by atoms with van der Waals surface area (Å²) in [5.74, 6) is -1.07. The van der Waals surface area contributed by atoms with E-state index in [1.807, 2.05) is 19.1 Å². The van der Waals surface area contributed by atoms with E-state index in [4.69, 9.17) is 23.2 Å². The first kappa shape index (κ1) is 15.7. The fourth-order valence-electron chi connectivity index (χ4n) is 1.93. The molecule has 0 fully saturated rings. The average Bonchev–Trinajstić information content (AvgIpc) is 2.48. The Bertz CT molecular complexity index is 647. The summed E-state index contributed by atoms with van der Waals surface area (Å²) in [6.07, 6.45) is 1.64. The lowest BCUT2D eigenvalue weighted by atomic mass is 10.0. The van der Waals surface area contributed by atoms with Crippen molar-refractivity contribution in [3.05, 3.63) is 63.6 Å². The van der Waals surface area contributed by atoms with Gasteiger partial charge in [-0.2, -0.15) is 0 Å². The van der Waals surface area contributed by atoms with E-state index in [2.05, 4.69) is 10.3 Å². The van der Waals surface area contributed by atoms with Gasteiger partial charge >= 0.3 is 0 Å². The van der Waals surface area contributed by atoms with Crippen molar-refractivity contribution in [3.8, 4) is 0 Å². The minimum absolute atomic E-state index is 0.0177. The zero-order valence-corrected chi connectivity index (χ0v) is 12.7. The van der Waals surface area contributed by atoms with E-state index in [0.717, 1.165) is 17.8 Å². The Hall–Kier alpha value is -1.65. The number of hydrogen-bond acceptors (Lipinski definition) is 2. The number of hydrogen-bond donors (Lipinski definition) is 1. The van der Waals surface area contributed by atoms with Crippen LogP contribution in [0.15, 0.2) is 36.5 Å². The maximum atomic E-state index is 13.2. The molecule has 0 radical (unpaired) electrons. The van der Waals surface area contributed by atoms with Crippen LogP contribution in [0.25, 0.3) is 0 Å². The highest BCUT2D eigenvalue weighted by Gasteiger charge is 2.17. The van der Waals surface area contributed by atoms with Gasteiger partial charge in [-0.25, -0.2) is 9.37 Å².